The molecule has 0 aliphatic heterocycles. The van der Waals surface area contributed by atoms with Crippen molar-refractivity contribution < 1.29 is 4.39 Å². The van der Waals surface area contributed by atoms with Crippen LogP contribution in [0.4, 0.5) is 4.39 Å². The zero-order valence-corrected chi connectivity index (χ0v) is 14.3. The van der Waals surface area contributed by atoms with Gasteiger partial charge in [0.15, 0.2) is 0 Å². The molecule has 106 valence electrons. The van der Waals surface area contributed by atoms with E-state index in [1.54, 1.807) is 12.1 Å². The van der Waals surface area contributed by atoms with Crippen molar-refractivity contribution in [2.45, 2.75) is 19.4 Å². The third-order valence-electron chi connectivity index (χ3n) is 3.00. The lowest BCUT2D eigenvalue weighted by molar-refractivity contribution is 0.585. The van der Waals surface area contributed by atoms with Gasteiger partial charge in [-0.05, 0) is 54.4 Å². The summed E-state index contributed by atoms with van der Waals surface area (Å²) in [5.41, 5.74) is 2.04. The summed E-state index contributed by atoms with van der Waals surface area (Å²) >= 11 is 7.01. The van der Waals surface area contributed by atoms with E-state index >= 15 is 0 Å². The molecule has 0 saturated carbocycles. The molecule has 4 heteroatoms. The first kappa shape index (κ1) is 15.7. The third-order valence-corrected chi connectivity index (χ3v) is 3.91. The first-order valence-corrected chi connectivity index (χ1v) is 8.13. The number of nitrogens with one attached hydrogen (secondary N) is 1. The van der Waals surface area contributed by atoms with E-state index in [-0.39, 0.29) is 11.9 Å². The van der Waals surface area contributed by atoms with Gasteiger partial charge in [-0.2, -0.15) is 0 Å². The Kier molecular flexibility index (Phi) is 5.75. The number of halogens is 3. The summed E-state index contributed by atoms with van der Waals surface area (Å²) in [5, 5.41) is 3.48. The summed E-state index contributed by atoms with van der Waals surface area (Å²) in [6, 6.07) is 12.8. The molecule has 2 aromatic rings. The van der Waals surface area contributed by atoms with Gasteiger partial charge in [0.2, 0.25) is 0 Å². The van der Waals surface area contributed by atoms with E-state index in [1.165, 1.54) is 6.07 Å². The van der Waals surface area contributed by atoms with Gasteiger partial charge in [0.05, 0.1) is 6.04 Å². The molecule has 0 radical (unpaired) electrons. The van der Waals surface area contributed by atoms with Crippen LogP contribution in [0.1, 0.15) is 30.5 Å². The van der Waals surface area contributed by atoms with Crippen LogP contribution in [0.15, 0.2) is 51.4 Å². The fraction of sp³-hybridized carbons (Fsp3) is 0.250. The Morgan fingerprint density at radius 2 is 1.75 bits per heavy atom. The fourth-order valence-electron chi connectivity index (χ4n) is 2.14. The van der Waals surface area contributed by atoms with Crippen molar-refractivity contribution in [3.05, 3.63) is 68.4 Å². The molecule has 1 unspecified atom stereocenters. The van der Waals surface area contributed by atoms with Gasteiger partial charge < -0.3 is 5.32 Å². The van der Waals surface area contributed by atoms with Gasteiger partial charge in [0, 0.05) is 8.95 Å². The summed E-state index contributed by atoms with van der Waals surface area (Å²) in [4.78, 5) is 0. The van der Waals surface area contributed by atoms with E-state index < -0.39 is 0 Å². The molecule has 0 bridgehead atoms. The van der Waals surface area contributed by atoms with E-state index in [1.807, 2.05) is 12.1 Å². The minimum Gasteiger partial charge on any atom is -0.306 e. The van der Waals surface area contributed by atoms with E-state index in [9.17, 15) is 4.39 Å². The van der Waals surface area contributed by atoms with Gasteiger partial charge in [0.1, 0.15) is 5.82 Å². The third kappa shape index (κ3) is 4.14. The molecule has 1 N–H and O–H groups in total. The van der Waals surface area contributed by atoms with Crippen molar-refractivity contribution in [2.75, 3.05) is 6.54 Å². The van der Waals surface area contributed by atoms with Gasteiger partial charge in [-0.25, -0.2) is 4.39 Å². The van der Waals surface area contributed by atoms with Crippen LogP contribution in [0.3, 0.4) is 0 Å². The molecule has 2 rings (SSSR count). The Bertz CT molecular complexity index is 566. The van der Waals surface area contributed by atoms with Crippen LogP contribution in [0.5, 0.6) is 0 Å². The van der Waals surface area contributed by atoms with E-state index in [2.05, 4.69) is 56.2 Å². The lowest BCUT2D eigenvalue weighted by Gasteiger charge is -2.20. The first-order valence-electron chi connectivity index (χ1n) is 6.55. The van der Waals surface area contributed by atoms with Gasteiger partial charge in [0.25, 0.3) is 0 Å². The lowest BCUT2D eigenvalue weighted by Crippen LogP contribution is -2.23. The summed E-state index contributed by atoms with van der Waals surface area (Å²) in [6.07, 6.45) is 1.03. The highest BCUT2D eigenvalue weighted by Crippen LogP contribution is 2.28. The van der Waals surface area contributed by atoms with Crippen LogP contribution in [-0.2, 0) is 0 Å². The molecule has 0 saturated heterocycles. The molecular weight excluding hydrogens is 385 g/mol. The standard InChI is InChI=1S/C16H16Br2FN/c1-2-6-20-16(11-4-3-5-15(19)9-11)12-7-13(17)10-14(18)8-12/h3-5,7-10,16,20H,2,6H2,1H3. The fourth-order valence-corrected chi connectivity index (χ4v) is 3.47. The molecule has 20 heavy (non-hydrogen) atoms. The first-order chi connectivity index (χ1) is 9.60. The molecule has 0 heterocycles. The quantitative estimate of drug-likeness (QED) is 0.704. The van der Waals surface area contributed by atoms with Crippen LogP contribution in [0.25, 0.3) is 0 Å². The zero-order valence-electron chi connectivity index (χ0n) is 11.2. The van der Waals surface area contributed by atoms with E-state index in [0.717, 1.165) is 33.0 Å². The van der Waals surface area contributed by atoms with Crippen molar-refractivity contribution in [3.63, 3.8) is 0 Å². The Morgan fingerprint density at radius 3 is 2.35 bits per heavy atom. The van der Waals surface area contributed by atoms with Crippen LogP contribution in [0.2, 0.25) is 0 Å². The highest BCUT2D eigenvalue weighted by Gasteiger charge is 2.15. The van der Waals surface area contributed by atoms with Gasteiger partial charge in [-0.15, -0.1) is 0 Å². The largest absolute Gasteiger partial charge is 0.306 e. The van der Waals surface area contributed by atoms with Crippen molar-refractivity contribution >= 4 is 31.9 Å². The minimum absolute atomic E-state index is 0.0144. The van der Waals surface area contributed by atoms with E-state index in [4.69, 9.17) is 0 Å². The Labute approximate surface area is 135 Å². The van der Waals surface area contributed by atoms with Crippen molar-refractivity contribution in [1.29, 1.82) is 0 Å². The molecule has 0 aliphatic carbocycles. The molecule has 0 aromatic heterocycles. The number of hydrogen-bond donors (Lipinski definition) is 1. The number of hydrogen-bond acceptors (Lipinski definition) is 1. The summed E-state index contributed by atoms with van der Waals surface area (Å²) in [6.45, 7) is 3.00. The van der Waals surface area contributed by atoms with Gasteiger partial charge >= 0.3 is 0 Å². The van der Waals surface area contributed by atoms with Crippen LogP contribution < -0.4 is 5.32 Å². The summed E-state index contributed by atoms with van der Waals surface area (Å²) in [7, 11) is 0. The Hall–Kier alpha value is -0.710. The predicted molar refractivity (Wildman–Crippen MR) is 88.4 cm³/mol. The molecule has 0 amide bonds. The van der Waals surface area contributed by atoms with E-state index in [0.29, 0.717) is 0 Å². The highest BCUT2D eigenvalue weighted by atomic mass is 79.9. The average Bonchev–Trinajstić information content (AvgIpc) is 2.38. The highest BCUT2D eigenvalue weighted by molar-refractivity contribution is 9.11. The Balaban J connectivity index is 2.41. The molecule has 0 spiro atoms. The maximum absolute atomic E-state index is 13.5. The molecular formula is C16H16Br2FN. The second-order valence-electron chi connectivity index (χ2n) is 4.64. The average molecular weight is 401 g/mol. The molecule has 0 aliphatic rings. The molecule has 0 fully saturated rings. The SMILES string of the molecule is CCCNC(c1cccc(F)c1)c1cc(Br)cc(Br)c1. The molecule has 1 nitrogen and oxygen atoms in total. The van der Waals surface area contributed by atoms with Crippen LogP contribution in [0, 0.1) is 5.82 Å². The minimum atomic E-state index is -0.208. The van der Waals surface area contributed by atoms with Crippen molar-refractivity contribution in [3.8, 4) is 0 Å². The van der Waals surface area contributed by atoms with Crippen LogP contribution in [-0.4, -0.2) is 6.54 Å². The number of benzene rings is 2. The second kappa shape index (κ2) is 7.34. The van der Waals surface area contributed by atoms with Gasteiger partial charge in [-0.3, -0.25) is 0 Å². The van der Waals surface area contributed by atoms with Crippen LogP contribution >= 0.6 is 31.9 Å². The predicted octanol–water partition coefficient (Wildman–Crippen LogP) is 5.44. The monoisotopic (exact) mass is 399 g/mol. The lowest BCUT2D eigenvalue weighted by atomic mass is 9.98. The smallest absolute Gasteiger partial charge is 0.123 e. The van der Waals surface area contributed by atoms with Crippen molar-refractivity contribution in [1.82, 2.24) is 5.32 Å². The van der Waals surface area contributed by atoms with Gasteiger partial charge in [-0.1, -0.05) is 50.9 Å². The summed E-state index contributed by atoms with van der Waals surface area (Å²) < 4.78 is 15.5. The zero-order chi connectivity index (χ0) is 14.5. The van der Waals surface area contributed by atoms with Crippen molar-refractivity contribution in [2.24, 2.45) is 0 Å². The normalized spacial score (nSPS) is 12.4. The maximum Gasteiger partial charge on any atom is 0.123 e. The molecule has 1 atom stereocenters. The molecule has 2 aromatic carbocycles. The topological polar surface area (TPSA) is 12.0 Å². The number of rotatable bonds is 5. The maximum atomic E-state index is 13.5. The Morgan fingerprint density at radius 1 is 1.05 bits per heavy atom. The second-order valence-corrected chi connectivity index (χ2v) is 6.48. The summed E-state index contributed by atoms with van der Waals surface area (Å²) in [5.74, 6) is -0.208.